The number of hydrogen-bond acceptors (Lipinski definition) is 4. The molecule has 0 saturated carbocycles. The lowest BCUT2D eigenvalue weighted by Gasteiger charge is -2.13. The van der Waals surface area contributed by atoms with E-state index in [9.17, 15) is 9.18 Å². The molecule has 0 aliphatic heterocycles. The van der Waals surface area contributed by atoms with Crippen LogP contribution in [0.15, 0.2) is 54.9 Å². The molecule has 0 unspecified atom stereocenters. The number of anilines is 1. The molecule has 0 bridgehead atoms. The van der Waals surface area contributed by atoms with Gasteiger partial charge in [-0.15, -0.1) is 0 Å². The Morgan fingerprint density at radius 3 is 2.67 bits per heavy atom. The number of aromatic nitrogens is 1. The van der Waals surface area contributed by atoms with Gasteiger partial charge < -0.3 is 14.8 Å². The molecule has 2 aromatic carbocycles. The molecule has 0 aliphatic carbocycles. The third-order valence-electron chi connectivity index (χ3n) is 3.55. The smallest absolute Gasteiger partial charge is 0.261 e. The van der Waals surface area contributed by atoms with E-state index < -0.39 is 11.7 Å². The fourth-order valence-electron chi connectivity index (χ4n) is 2.28. The molecule has 3 aromatic rings. The summed E-state index contributed by atoms with van der Waals surface area (Å²) in [6.07, 6.45) is 2.79. The summed E-state index contributed by atoms with van der Waals surface area (Å²) in [5.74, 6) is -0.261. The number of carbonyl (C=O) groups excluding carboxylic acids is 1. The standard InChI is InChI=1S/C19H13Cl2FN2O3/c1-26-17-5-3-12(22)9-15(17)24-19(25)13-10-23-7-6-16(13)27-18-8-11(20)2-4-14(18)21/h2-10H,1H3,(H,24,25). The van der Waals surface area contributed by atoms with Crippen molar-refractivity contribution in [3.8, 4) is 17.2 Å². The van der Waals surface area contributed by atoms with Crippen LogP contribution in [0.25, 0.3) is 0 Å². The molecule has 0 spiro atoms. The van der Waals surface area contributed by atoms with Crippen LogP contribution in [0.4, 0.5) is 10.1 Å². The maximum Gasteiger partial charge on any atom is 0.261 e. The van der Waals surface area contributed by atoms with Crippen molar-refractivity contribution < 1.29 is 18.7 Å². The Morgan fingerprint density at radius 2 is 1.89 bits per heavy atom. The summed E-state index contributed by atoms with van der Waals surface area (Å²) in [6.45, 7) is 0. The number of amides is 1. The zero-order valence-electron chi connectivity index (χ0n) is 14.0. The highest BCUT2D eigenvalue weighted by Crippen LogP contribution is 2.34. The van der Waals surface area contributed by atoms with Crippen molar-refractivity contribution in [3.63, 3.8) is 0 Å². The van der Waals surface area contributed by atoms with Gasteiger partial charge in [-0.25, -0.2) is 4.39 Å². The molecule has 1 aromatic heterocycles. The molecule has 5 nitrogen and oxygen atoms in total. The van der Waals surface area contributed by atoms with E-state index in [0.717, 1.165) is 6.07 Å². The Bertz CT molecular complexity index is 998. The average Bonchev–Trinajstić information content (AvgIpc) is 2.65. The van der Waals surface area contributed by atoms with Gasteiger partial charge in [0.2, 0.25) is 0 Å². The molecular weight excluding hydrogens is 394 g/mol. The zero-order chi connectivity index (χ0) is 19.4. The van der Waals surface area contributed by atoms with Crippen molar-refractivity contribution in [2.24, 2.45) is 0 Å². The molecule has 3 rings (SSSR count). The summed E-state index contributed by atoms with van der Waals surface area (Å²) >= 11 is 12.1. The third kappa shape index (κ3) is 4.48. The molecule has 1 heterocycles. The van der Waals surface area contributed by atoms with Gasteiger partial charge in [-0.05, 0) is 30.3 Å². The normalized spacial score (nSPS) is 10.4. The summed E-state index contributed by atoms with van der Waals surface area (Å²) in [5.41, 5.74) is 0.304. The highest BCUT2D eigenvalue weighted by atomic mass is 35.5. The van der Waals surface area contributed by atoms with Gasteiger partial charge in [0.05, 0.1) is 17.8 Å². The first-order chi connectivity index (χ1) is 13.0. The van der Waals surface area contributed by atoms with Crippen LogP contribution in [-0.2, 0) is 0 Å². The first-order valence-corrected chi connectivity index (χ1v) is 8.45. The molecule has 138 valence electrons. The summed E-state index contributed by atoms with van der Waals surface area (Å²) in [5, 5.41) is 3.35. The van der Waals surface area contributed by atoms with Crippen LogP contribution in [-0.4, -0.2) is 18.0 Å². The Hall–Kier alpha value is -2.83. The number of nitrogens with zero attached hydrogens (tertiary/aromatic N) is 1. The van der Waals surface area contributed by atoms with E-state index in [1.54, 1.807) is 12.1 Å². The van der Waals surface area contributed by atoms with Crippen molar-refractivity contribution in [1.82, 2.24) is 4.98 Å². The summed E-state index contributed by atoms with van der Waals surface area (Å²) in [4.78, 5) is 16.6. The van der Waals surface area contributed by atoms with Crippen LogP contribution in [0.5, 0.6) is 17.2 Å². The van der Waals surface area contributed by atoms with E-state index in [1.165, 1.54) is 43.8 Å². The van der Waals surface area contributed by atoms with E-state index in [2.05, 4.69) is 10.3 Å². The summed E-state index contributed by atoms with van der Waals surface area (Å²) < 4.78 is 24.4. The zero-order valence-corrected chi connectivity index (χ0v) is 15.5. The molecule has 0 fully saturated rings. The lowest BCUT2D eigenvalue weighted by molar-refractivity contribution is 0.102. The molecule has 1 amide bonds. The summed E-state index contributed by atoms with van der Waals surface area (Å²) in [6, 6.07) is 10.0. The predicted molar refractivity (Wildman–Crippen MR) is 102 cm³/mol. The molecule has 1 N–H and O–H groups in total. The Balaban J connectivity index is 1.90. The lowest BCUT2D eigenvalue weighted by atomic mass is 10.2. The Kier molecular flexibility index (Phi) is 5.78. The number of hydrogen-bond donors (Lipinski definition) is 1. The number of halogens is 3. The molecule has 8 heteroatoms. The highest BCUT2D eigenvalue weighted by Gasteiger charge is 2.17. The largest absolute Gasteiger partial charge is 0.495 e. The van der Waals surface area contributed by atoms with Crippen molar-refractivity contribution in [1.29, 1.82) is 0 Å². The van der Waals surface area contributed by atoms with Gasteiger partial charge in [0.1, 0.15) is 28.6 Å². The fourth-order valence-corrected chi connectivity index (χ4v) is 2.60. The van der Waals surface area contributed by atoms with E-state index in [1.807, 2.05) is 0 Å². The second-order valence-corrected chi connectivity index (χ2v) is 6.19. The first-order valence-electron chi connectivity index (χ1n) is 7.69. The number of methoxy groups -OCH3 is 1. The third-order valence-corrected chi connectivity index (χ3v) is 4.10. The minimum Gasteiger partial charge on any atom is -0.495 e. The minimum atomic E-state index is -0.555. The van der Waals surface area contributed by atoms with Crippen LogP contribution in [0.3, 0.4) is 0 Å². The van der Waals surface area contributed by atoms with Gasteiger partial charge in [-0.1, -0.05) is 23.2 Å². The molecule has 0 aliphatic rings. The van der Waals surface area contributed by atoms with Crippen LogP contribution < -0.4 is 14.8 Å². The number of nitrogens with one attached hydrogen (secondary N) is 1. The van der Waals surface area contributed by atoms with Crippen molar-refractivity contribution in [2.75, 3.05) is 12.4 Å². The van der Waals surface area contributed by atoms with E-state index in [4.69, 9.17) is 32.7 Å². The number of ether oxygens (including phenoxy) is 2. The first kappa shape index (κ1) is 18.9. The van der Waals surface area contributed by atoms with Gasteiger partial charge >= 0.3 is 0 Å². The molecule has 0 atom stereocenters. The molecule has 0 saturated heterocycles. The second kappa shape index (κ2) is 8.24. The van der Waals surface area contributed by atoms with Gasteiger partial charge in [0.15, 0.2) is 0 Å². The van der Waals surface area contributed by atoms with Crippen LogP contribution in [0.2, 0.25) is 10.0 Å². The minimum absolute atomic E-state index is 0.125. The van der Waals surface area contributed by atoms with E-state index in [-0.39, 0.29) is 22.7 Å². The molecule has 0 radical (unpaired) electrons. The van der Waals surface area contributed by atoms with Crippen LogP contribution >= 0.6 is 23.2 Å². The highest BCUT2D eigenvalue weighted by molar-refractivity contribution is 6.34. The van der Waals surface area contributed by atoms with E-state index >= 15 is 0 Å². The van der Waals surface area contributed by atoms with Gasteiger partial charge in [-0.3, -0.25) is 9.78 Å². The number of pyridine rings is 1. The molecule has 27 heavy (non-hydrogen) atoms. The fraction of sp³-hybridized carbons (Fsp3) is 0.0526. The Morgan fingerprint density at radius 1 is 1.07 bits per heavy atom. The maximum atomic E-state index is 13.5. The average molecular weight is 407 g/mol. The van der Waals surface area contributed by atoms with Gasteiger partial charge in [0, 0.05) is 29.5 Å². The quantitative estimate of drug-likeness (QED) is 0.600. The maximum absolute atomic E-state index is 13.5. The van der Waals surface area contributed by atoms with Gasteiger partial charge in [0.25, 0.3) is 5.91 Å². The SMILES string of the molecule is COc1ccc(F)cc1NC(=O)c1cnccc1Oc1cc(Cl)ccc1Cl. The van der Waals surface area contributed by atoms with Crippen LogP contribution in [0, 0.1) is 5.82 Å². The number of rotatable bonds is 5. The lowest BCUT2D eigenvalue weighted by Crippen LogP contribution is -2.14. The van der Waals surface area contributed by atoms with Crippen molar-refractivity contribution in [2.45, 2.75) is 0 Å². The monoisotopic (exact) mass is 406 g/mol. The van der Waals surface area contributed by atoms with Gasteiger partial charge in [-0.2, -0.15) is 0 Å². The number of benzene rings is 2. The predicted octanol–water partition coefficient (Wildman–Crippen LogP) is 5.58. The summed E-state index contributed by atoms with van der Waals surface area (Å²) in [7, 11) is 1.42. The Labute approximate surface area is 164 Å². The van der Waals surface area contributed by atoms with Crippen molar-refractivity contribution in [3.05, 3.63) is 76.3 Å². The number of carbonyl (C=O) groups is 1. The molecular formula is C19H13Cl2FN2O3. The van der Waals surface area contributed by atoms with Crippen LogP contribution in [0.1, 0.15) is 10.4 Å². The second-order valence-electron chi connectivity index (χ2n) is 5.35. The van der Waals surface area contributed by atoms with E-state index in [0.29, 0.717) is 15.8 Å². The van der Waals surface area contributed by atoms with Crippen molar-refractivity contribution >= 4 is 34.8 Å². The topological polar surface area (TPSA) is 60.5 Å².